The molecule has 0 bridgehead atoms. The molecule has 2 aromatic rings. The zero-order valence-electron chi connectivity index (χ0n) is 14.3. The Morgan fingerprint density at radius 2 is 1.73 bits per heavy atom. The van der Waals surface area contributed by atoms with Crippen LogP contribution in [0.2, 0.25) is 0 Å². The Kier molecular flexibility index (Phi) is 6.61. The number of nitro groups is 1. The third-order valence-corrected chi connectivity index (χ3v) is 3.42. The average Bonchev–Trinajstić information content (AvgIpc) is 2.61. The van der Waals surface area contributed by atoms with E-state index in [1.165, 1.54) is 18.2 Å². The molecule has 0 heterocycles. The first-order valence-corrected chi connectivity index (χ1v) is 8.11. The van der Waals surface area contributed by atoms with E-state index in [4.69, 9.17) is 0 Å². The molecular formula is C19H19N3O4. The Morgan fingerprint density at radius 3 is 2.35 bits per heavy atom. The Bertz CT molecular complexity index is 829. The number of hydrogen-bond donors (Lipinski definition) is 2. The van der Waals surface area contributed by atoms with Crippen molar-refractivity contribution < 1.29 is 14.5 Å². The first-order valence-electron chi connectivity index (χ1n) is 8.11. The van der Waals surface area contributed by atoms with Crippen molar-refractivity contribution in [2.24, 2.45) is 0 Å². The highest BCUT2D eigenvalue weighted by atomic mass is 16.6. The summed E-state index contributed by atoms with van der Waals surface area (Å²) in [6, 6.07) is 12.7. The van der Waals surface area contributed by atoms with E-state index in [0.717, 1.165) is 6.42 Å². The van der Waals surface area contributed by atoms with Crippen molar-refractivity contribution in [3.63, 3.8) is 0 Å². The molecule has 0 aromatic heterocycles. The number of amides is 2. The summed E-state index contributed by atoms with van der Waals surface area (Å²) in [5, 5.41) is 16.1. The van der Waals surface area contributed by atoms with Gasteiger partial charge in [0.2, 0.25) is 11.8 Å². The lowest BCUT2D eigenvalue weighted by molar-refractivity contribution is -0.384. The average molecular weight is 353 g/mol. The lowest BCUT2D eigenvalue weighted by atomic mass is 10.2. The van der Waals surface area contributed by atoms with E-state index in [1.807, 2.05) is 6.92 Å². The van der Waals surface area contributed by atoms with Gasteiger partial charge in [-0.1, -0.05) is 13.0 Å². The number of hydrogen-bond acceptors (Lipinski definition) is 4. The highest BCUT2D eigenvalue weighted by Gasteiger charge is 2.04. The molecule has 0 unspecified atom stereocenters. The summed E-state index contributed by atoms with van der Waals surface area (Å²) in [6.45, 7) is 1.92. The Morgan fingerprint density at radius 1 is 1.08 bits per heavy atom. The summed E-state index contributed by atoms with van der Waals surface area (Å²) in [7, 11) is 0. The fourth-order valence-electron chi connectivity index (χ4n) is 2.19. The molecule has 2 rings (SSSR count). The lowest BCUT2D eigenvalue weighted by Crippen LogP contribution is -2.12. The summed E-state index contributed by atoms with van der Waals surface area (Å²) in [6.07, 6.45) is 4.10. The van der Waals surface area contributed by atoms with Crippen LogP contribution in [0, 0.1) is 10.1 Å². The number of anilines is 2. The zero-order chi connectivity index (χ0) is 18.9. The fourth-order valence-corrected chi connectivity index (χ4v) is 2.19. The van der Waals surface area contributed by atoms with Gasteiger partial charge in [-0.3, -0.25) is 19.7 Å². The van der Waals surface area contributed by atoms with Gasteiger partial charge in [0.15, 0.2) is 0 Å². The predicted molar refractivity (Wildman–Crippen MR) is 101 cm³/mol. The molecule has 0 saturated carbocycles. The first kappa shape index (κ1) is 18.9. The van der Waals surface area contributed by atoms with Crippen LogP contribution >= 0.6 is 0 Å². The Labute approximate surface area is 150 Å². The van der Waals surface area contributed by atoms with E-state index in [-0.39, 0.29) is 17.5 Å². The van der Waals surface area contributed by atoms with Crippen LogP contribution in [0.5, 0.6) is 0 Å². The van der Waals surface area contributed by atoms with Crippen molar-refractivity contribution in [2.45, 2.75) is 19.8 Å². The fraction of sp³-hybridized carbons (Fsp3) is 0.158. The molecule has 0 radical (unpaired) electrons. The largest absolute Gasteiger partial charge is 0.326 e. The number of rotatable bonds is 7. The van der Waals surface area contributed by atoms with Crippen molar-refractivity contribution in [3.8, 4) is 0 Å². The summed E-state index contributed by atoms with van der Waals surface area (Å²) in [5.74, 6) is -0.422. The van der Waals surface area contributed by atoms with E-state index < -0.39 is 4.92 Å². The molecular weight excluding hydrogens is 334 g/mol. The minimum absolute atomic E-state index is 0.00598. The second-order valence-corrected chi connectivity index (χ2v) is 5.55. The molecule has 26 heavy (non-hydrogen) atoms. The molecule has 0 aliphatic rings. The topological polar surface area (TPSA) is 101 Å². The van der Waals surface area contributed by atoms with Gasteiger partial charge in [0, 0.05) is 36.0 Å². The van der Waals surface area contributed by atoms with E-state index >= 15 is 0 Å². The number of benzene rings is 2. The van der Waals surface area contributed by atoms with E-state index in [1.54, 1.807) is 42.5 Å². The molecule has 134 valence electrons. The van der Waals surface area contributed by atoms with Gasteiger partial charge in [-0.15, -0.1) is 0 Å². The molecule has 0 atom stereocenters. The molecule has 0 fully saturated rings. The monoisotopic (exact) mass is 353 g/mol. The second-order valence-electron chi connectivity index (χ2n) is 5.55. The third-order valence-electron chi connectivity index (χ3n) is 3.42. The number of nitrogens with one attached hydrogen (secondary N) is 2. The Hall–Kier alpha value is -3.48. The molecule has 2 aromatic carbocycles. The summed E-state index contributed by atoms with van der Waals surface area (Å²) in [5.41, 5.74) is 1.83. The normalized spacial score (nSPS) is 10.5. The van der Waals surface area contributed by atoms with Crippen LogP contribution in [0.25, 0.3) is 6.08 Å². The van der Waals surface area contributed by atoms with Crippen molar-refractivity contribution >= 4 is 35.0 Å². The maximum absolute atomic E-state index is 12.0. The molecule has 0 aliphatic heterocycles. The van der Waals surface area contributed by atoms with Gasteiger partial charge in [0.05, 0.1) is 4.92 Å². The molecule has 0 saturated heterocycles. The van der Waals surface area contributed by atoms with Crippen LogP contribution < -0.4 is 10.6 Å². The molecule has 7 nitrogen and oxygen atoms in total. The van der Waals surface area contributed by atoms with Gasteiger partial charge >= 0.3 is 0 Å². The number of carbonyl (C=O) groups is 2. The number of nitro benzene ring substituents is 1. The Balaban J connectivity index is 1.96. The minimum Gasteiger partial charge on any atom is -0.326 e. The van der Waals surface area contributed by atoms with Crippen molar-refractivity contribution in [2.75, 3.05) is 10.6 Å². The van der Waals surface area contributed by atoms with Crippen LogP contribution in [0.15, 0.2) is 54.6 Å². The number of carbonyl (C=O) groups excluding carboxylic acids is 2. The predicted octanol–water partition coefficient (Wildman–Crippen LogP) is 3.99. The standard InChI is InChI=1S/C19H19N3O4/c1-2-4-18(23)20-15-5-3-6-16(13-15)21-19(24)12-9-14-7-10-17(11-8-14)22(25)26/h3,5-13H,2,4H2,1H3,(H,20,23)(H,21,24)/b12-9+. The van der Waals surface area contributed by atoms with Gasteiger partial charge in [-0.25, -0.2) is 0 Å². The van der Waals surface area contributed by atoms with Gasteiger partial charge < -0.3 is 10.6 Å². The SMILES string of the molecule is CCCC(=O)Nc1cccc(NC(=O)/C=C/c2ccc([N+](=O)[O-])cc2)c1. The minimum atomic E-state index is -0.480. The first-order chi connectivity index (χ1) is 12.5. The van der Waals surface area contributed by atoms with Crippen LogP contribution in [0.3, 0.4) is 0 Å². The number of nitrogens with zero attached hydrogens (tertiary/aromatic N) is 1. The smallest absolute Gasteiger partial charge is 0.269 e. The van der Waals surface area contributed by atoms with Gasteiger partial charge in [0.1, 0.15) is 0 Å². The van der Waals surface area contributed by atoms with E-state index in [9.17, 15) is 19.7 Å². The lowest BCUT2D eigenvalue weighted by Gasteiger charge is -2.07. The van der Waals surface area contributed by atoms with E-state index in [2.05, 4.69) is 10.6 Å². The highest BCUT2D eigenvalue weighted by molar-refractivity contribution is 6.02. The van der Waals surface area contributed by atoms with E-state index in [0.29, 0.717) is 23.4 Å². The van der Waals surface area contributed by atoms with Gasteiger partial charge in [-0.2, -0.15) is 0 Å². The maximum Gasteiger partial charge on any atom is 0.269 e. The highest BCUT2D eigenvalue weighted by Crippen LogP contribution is 2.16. The molecule has 0 aliphatic carbocycles. The summed E-state index contributed by atoms with van der Waals surface area (Å²) < 4.78 is 0. The number of non-ortho nitro benzene ring substituents is 1. The third kappa shape index (κ3) is 5.86. The van der Waals surface area contributed by atoms with Crippen LogP contribution in [-0.2, 0) is 9.59 Å². The molecule has 2 amide bonds. The maximum atomic E-state index is 12.0. The van der Waals surface area contributed by atoms with Crippen molar-refractivity contribution in [1.82, 2.24) is 0 Å². The molecule has 7 heteroatoms. The second kappa shape index (κ2) is 9.12. The van der Waals surface area contributed by atoms with Crippen molar-refractivity contribution in [1.29, 1.82) is 0 Å². The molecule has 2 N–H and O–H groups in total. The zero-order valence-corrected chi connectivity index (χ0v) is 14.3. The quantitative estimate of drug-likeness (QED) is 0.446. The van der Waals surface area contributed by atoms with Crippen molar-refractivity contribution in [3.05, 3.63) is 70.3 Å². The van der Waals surface area contributed by atoms with Crippen LogP contribution in [0.1, 0.15) is 25.3 Å². The van der Waals surface area contributed by atoms with Gasteiger partial charge in [0.25, 0.3) is 5.69 Å². The summed E-state index contributed by atoms with van der Waals surface area (Å²) in [4.78, 5) is 33.8. The molecule has 0 spiro atoms. The van der Waals surface area contributed by atoms with Crippen LogP contribution in [-0.4, -0.2) is 16.7 Å². The van der Waals surface area contributed by atoms with Gasteiger partial charge in [-0.05, 0) is 48.4 Å². The van der Waals surface area contributed by atoms with Crippen LogP contribution in [0.4, 0.5) is 17.1 Å². The summed E-state index contributed by atoms with van der Waals surface area (Å²) >= 11 is 0.